The molecule has 1 N–H and O–H groups in total. The number of likely N-dealkylation sites (tertiary alicyclic amines) is 1. The average Bonchev–Trinajstić information content (AvgIpc) is 2.81. The number of carbonyl (C=O) groups is 3. The van der Waals surface area contributed by atoms with Crippen LogP contribution in [0.2, 0.25) is 5.02 Å². The maximum Gasteiger partial charge on any atom is 0.323 e. The van der Waals surface area contributed by atoms with Crippen molar-refractivity contribution in [3.63, 3.8) is 0 Å². The lowest BCUT2D eigenvalue weighted by Crippen LogP contribution is -2.43. The normalized spacial score (nSPS) is 17.5. The van der Waals surface area contributed by atoms with Crippen molar-refractivity contribution < 1.29 is 23.9 Å². The molecule has 1 saturated heterocycles. The van der Waals surface area contributed by atoms with E-state index in [0.29, 0.717) is 32.4 Å². The van der Waals surface area contributed by atoms with Crippen molar-refractivity contribution in [1.82, 2.24) is 9.80 Å². The van der Waals surface area contributed by atoms with Gasteiger partial charge in [0.15, 0.2) is 0 Å². The lowest BCUT2D eigenvalue weighted by molar-refractivity contribution is -0.145. The monoisotopic (exact) mass is 384 g/mol. The molecular weight excluding hydrogens is 363 g/mol. The SMILES string of the molecule is CC(=O)N(CC(=O)O)C1CCCN(C(=O)Cc2c(F)cccc2Cl)CC1. The molecule has 2 amide bonds. The zero-order valence-electron chi connectivity index (χ0n) is 14.6. The van der Waals surface area contributed by atoms with Gasteiger partial charge in [0.25, 0.3) is 0 Å². The summed E-state index contributed by atoms with van der Waals surface area (Å²) in [5.41, 5.74) is 0.177. The molecule has 1 aromatic rings. The van der Waals surface area contributed by atoms with Crippen molar-refractivity contribution in [3.8, 4) is 0 Å². The van der Waals surface area contributed by atoms with Crippen LogP contribution in [0, 0.1) is 5.82 Å². The van der Waals surface area contributed by atoms with E-state index in [2.05, 4.69) is 0 Å². The molecule has 0 spiro atoms. The fourth-order valence-electron chi connectivity index (χ4n) is 3.25. The molecule has 1 atom stereocenters. The molecule has 0 aromatic heterocycles. The van der Waals surface area contributed by atoms with Gasteiger partial charge < -0.3 is 14.9 Å². The first-order valence-electron chi connectivity index (χ1n) is 8.49. The van der Waals surface area contributed by atoms with Gasteiger partial charge in [0, 0.05) is 36.6 Å². The molecule has 142 valence electrons. The number of halogens is 2. The first kappa shape index (κ1) is 20.2. The fourth-order valence-corrected chi connectivity index (χ4v) is 3.48. The van der Waals surface area contributed by atoms with Gasteiger partial charge in [-0.25, -0.2) is 4.39 Å². The number of rotatable bonds is 5. The summed E-state index contributed by atoms with van der Waals surface area (Å²) in [5.74, 6) is -2.10. The minimum absolute atomic E-state index is 0.123. The van der Waals surface area contributed by atoms with E-state index in [1.54, 1.807) is 11.0 Å². The van der Waals surface area contributed by atoms with E-state index < -0.39 is 11.8 Å². The van der Waals surface area contributed by atoms with Gasteiger partial charge in [0.2, 0.25) is 11.8 Å². The number of benzene rings is 1. The van der Waals surface area contributed by atoms with Crippen LogP contribution in [0.25, 0.3) is 0 Å². The van der Waals surface area contributed by atoms with Crippen LogP contribution in [0.5, 0.6) is 0 Å². The van der Waals surface area contributed by atoms with E-state index in [4.69, 9.17) is 16.7 Å². The van der Waals surface area contributed by atoms with E-state index in [1.807, 2.05) is 0 Å². The number of hydrogen-bond acceptors (Lipinski definition) is 3. The van der Waals surface area contributed by atoms with Crippen LogP contribution >= 0.6 is 11.6 Å². The Kier molecular flexibility index (Phi) is 6.97. The molecule has 1 aromatic carbocycles. The summed E-state index contributed by atoms with van der Waals surface area (Å²) in [6, 6.07) is 4.07. The molecule has 1 aliphatic rings. The molecule has 0 aliphatic carbocycles. The third kappa shape index (κ3) is 5.17. The predicted molar refractivity (Wildman–Crippen MR) is 94.4 cm³/mol. The van der Waals surface area contributed by atoms with Gasteiger partial charge >= 0.3 is 5.97 Å². The Hall–Kier alpha value is -2.15. The fraction of sp³-hybridized carbons (Fsp3) is 0.500. The molecule has 26 heavy (non-hydrogen) atoms. The first-order chi connectivity index (χ1) is 12.3. The Bertz CT molecular complexity index is 678. The third-order valence-electron chi connectivity index (χ3n) is 4.59. The largest absolute Gasteiger partial charge is 0.480 e. The Morgan fingerprint density at radius 3 is 2.65 bits per heavy atom. The van der Waals surface area contributed by atoms with Crippen molar-refractivity contribution in [2.75, 3.05) is 19.6 Å². The second-order valence-electron chi connectivity index (χ2n) is 6.38. The first-order valence-corrected chi connectivity index (χ1v) is 8.87. The second-order valence-corrected chi connectivity index (χ2v) is 6.79. The zero-order chi connectivity index (χ0) is 19.3. The Labute approximate surface area is 156 Å². The van der Waals surface area contributed by atoms with E-state index in [0.717, 1.165) is 0 Å². The third-order valence-corrected chi connectivity index (χ3v) is 4.94. The summed E-state index contributed by atoms with van der Waals surface area (Å²) >= 11 is 5.98. The molecule has 6 nitrogen and oxygen atoms in total. The summed E-state index contributed by atoms with van der Waals surface area (Å²) in [4.78, 5) is 38.2. The van der Waals surface area contributed by atoms with Gasteiger partial charge in [-0.15, -0.1) is 0 Å². The van der Waals surface area contributed by atoms with Gasteiger partial charge in [-0.05, 0) is 31.4 Å². The van der Waals surface area contributed by atoms with Gasteiger partial charge in [0.05, 0.1) is 6.42 Å². The average molecular weight is 385 g/mol. The van der Waals surface area contributed by atoms with Crippen molar-refractivity contribution in [1.29, 1.82) is 0 Å². The summed E-state index contributed by atoms with van der Waals surface area (Å²) in [7, 11) is 0. The summed E-state index contributed by atoms with van der Waals surface area (Å²) in [5, 5.41) is 9.20. The highest BCUT2D eigenvalue weighted by atomic mass is 35.5. The highest BCUT2D eigenvalue weighted by Gasteiger charge is 2.28. The van der Waals surface area contributed by atoms with Crippen molar-refractivity contribution in [3.05, 3.63) is 34.6 Å². The summed E-state index contributed by atoms with van der Waals surface area (Å²) in [6.45, 7) is 1.87. The molecule has 0 saturated carbocycles. The molecule has 1 fully saturated rings. The molecule has 8 heteroatoms. The van der Waals surface area contributed by atoms with Crippen LogP contribution in [0.3, 0.4) is 0 Å². The summed E-state index contributed by atoms with van der Waals surface area (Å²) < 4.78 is 13.9. The highest BCUT2D eigenvalue weighted by Crippen LogP contribution is 2.22. The lowest BCUT2D eigenvalue weighted by atomic mass is 10.1. The lowest BCUT2D eigenvalue weighted by Gasteiger charge is -2.29. The number of amides is 2. The molecule has 2 rings (SSSR count). The van der Waals surface area contributed by atoms with Crippen LogP contribution in [0.1, 0.15) is 31.7 Å². The van der Waals surface area contributed by atoms with E-state index in [9.17, 15) is 18.8 Å². The quantitative estimate of drug-likeness (QED) is 0.845. The number of carboxylic acid groups (broad SMARTS) is 1. The van der Waals surface area contributed by atoms with Crippen LogP contribution in [-0.4, -0.2) is 58.4 Å². The van der Waals surface area contributed by atoms with Crippen LogP contribution < -0.4 is 0 Å². The summed E-state index contributed by atoms with van der Waals surface area (Å²) in [6.07, 6.45) is 1.63. The van der Waals surface area contributed by atoms with Gasteiger partial charge in [-0.1, -0.05) is 17.7 Å². The van der Waals surface area contributed by atoms with E-state index in [-0.39, 0.29) is 41.4 Å². The maximum absolute atomic E-state index is 13.9. The minimum Gasteiger partial charge on any atom is -0.480 e. The topological polar surface area (TPSA) is 77.9 Å². The minimum atomic E-state index is -1.06. The number of nitrogens with zero attached hydrogens (tertiary/aromatic N) is 2. The number of carboxylic acids is 1. The van der Waals surface area contributed by atoms with Crippen molar-refractivity contribution in [2.45, 2.75) is 38.6 Å². The maximum atomic E-state index is 13.9. The molecule has 1 unspecified atom stereocenters. The van der Waals surface area contributed by atoms with Crippen LogP contribution in [0.15, 0.2) is 18.2 Å². The Morgan fingerprint density at radius 1 is 1.31 bits per heavy atom. The van der Waals surface area contributed by atoms with Crippen LogP contribution in [-0.2, 0) is 20.8 Å². The second kappa shape index (κ2) is 8.98. The van der Waals surface area contributed by atoms with E-state index in [1.165, 1.54) is 24.0 Å². The standard InChI is InChI=1S/C18H22ClFN2O4/c1-12(23)22(11-18(25)26)13-4-3-8-21(9-7-13)17(24)10-14-15(19)5-2-6-16(14)20/h2,5-6,13H,3-4,7-11H2,1H3,(H,25,26). The number of carbonyl (C=O) groups excluding carboxylic acids is 2. The van der Waals surface area contributed by atoms with Gasteiger partial charge in [-0.2, -0.15) is 0 Å². The highest BCUT2D eigenvalue weighted by molar-refractivity contribution is 6.31. The van der Waals surface area contributed by atoms with Crippen LogP contribution in [0.4, 0.5) is 4.39 Å². The number of hydrogen-bond donors (Lipinski definition) is 1. The van der Waals surface area contributed by atoms with Gasteiger partial charge in [-0.3, -0.25) is 14.4 Å². The Balaban J connectivity index is 2.02. The predicted octanol–water partition coefficient (Wildman–Crippen LogP) is 2.34. The smallest absolute Gasteiger partial charge is 0.323 e. The number of aliphatic carboxylic acids is 1. The van der Waals surface area contributed by atoms with Gasteiger partial charge in [0.1, 0.15) is 12.4 Å². The zero-order valence-corrected chi connectivity index (χ0v) is 15.3. The van der Waals surface area contributed by atoms with Crippen molar-refractivity contribution in [2.24, 2.45) is 0 Å². The molecule has 0 radical (unpaired) electrons. The molecule has 1 heterocycles. The molecule has 1 aliphatic heterocycles. The van der Waals surface area contributed by atoms with E-state index >= 15 is 0 Å². The molecular formula is C18H22ClFN2O4. The molecule has 0 bridgehead atoms. The Morgan fingerprint density at radius 2 is 2.04 bits per heavy atom. The van der Waals surface area contributed by atoms with Crippen molar-refractivity contribution >= 4 is 29.4 Å².